The van der Waals surface area contributed by atoms with E-state index >= 15 is 0 Å². The quantitative estimate of drug-likeness (QED) is 0.735. The van der Waals surface area contributed by atoms with Crippen molar-refractivity contribution < 1.29 is 9.53 Å². The predicted octanol–water partition coefficient (Wildman–Crippen LogP) is 3.20. The number of H-pyrrole nitrogens is 1. The lowest BCUT2D eigenvalue weighted by atomic mass is 10.0. The SMILES string of the molecule is COC(=O)c1cc(C)nc(-c2ccc3[nH]cc(C#N)c3c2)c1. The Morgan fingerprint density at radius 3 is 2.86 bits per heavy atom. The smallest absolute Gasteiger partial charge is 0.337 e. The zero-order valence-electron chi connectivity index (χ0n) is 12.2. The molecule has 0 aliphatic heterocycles. The van der Waals surface area contributed by atoms with Crippen LogP contribution in [0.25, 0.3) is 22.2 Å². The number of benzene rings is 1. The molecule has 5 nitrogen and oxygen atoms in total. The number of hydrogen-bond donors (Lipinski definition) is 1. The number of nitrogens with one attached hydrogen (secondary N) is 1. The van der Waals surface area contributed by atoms with Crippen LogP contribution in [-0.4, -0.2) is 23.0 Å². The van der Waals surface area contributed by atoms with Crippen molar-refractivity contribution in [3.05, 3.63) is 53.3 Å². The normalized spacial score (nSPS) is 10.4. The van der Waals surface area contributed by atoms with Crippen LogP contribution in [-0.2, 0) is 4.74 Å². The molecule has 0 saturated carbocycles. The fourth-order valence-corrected chi connectivity index (χ4v) is 2.42. The Balaban J connectivity index is 2.16. The van der Waals surface area contributed by atoms with Gasteiger partial charge in [-0.15, -0.1) is 0 Å². The van der Waals surface area contributed by atoms with Crippen LogP contribution in [0.3, 0.4) is 0 Å². The Hall–Kier alpha value is -3.13. The van der Waals surface area contributed by atoms with Gasteiger partial charge in [0.1, 0.15) is 6.07 Å². The number of ether oxygens (including phenoxy) is 1. The Kier molecular flexibility index (Phi) is 3.36. The maximum atomic E-state index is 11.7. The number of nitrogens with zero attached hydrogens (tertiary/aromatic N) is 2. The predicted molar refractivity (Wildman–Crippen MR) is 82.3 cm³/mol. The summed E-state index contributed by atoms with van der Waals surface area (Å²) in [6, 6.07) is 11.2. The number of methoxy groups -OCH3 is 1. The van der Waals surface area contributed by atoms with Crippen molar-refractivity contribution in [1.82, 2.24) is 9.97 Å². The van der Waals surface area contributed by atoms with E-state index < -0.39 is 5.97 Å². The van der Waals surface area contributed by atoms with Crippen LogP contribution < -0.4 is 0 Å². The van der Waals surface area contributed by atoms with E-state index in [2.05, 4.69) is 16.0 Å². The Labute approximate surface area is 127 Å². The molecule has 1 aromatic carbocycles. The fourth-order valence-electron chi connectivity index (χ4n) is 2.42. The van der Waals surface area contributed by atoms with Crippen LogP contribution in [0, 0.1) is 18.3 Å². The van der Waals surface area contributed by atoms with Gasteiger partial charge in [-0.05, 0) is 31.2 Å². The highest BCUT2D eigenvalue weighted by molar-refractivity contribution is 5.92. The van der Waals surface area contributed by atoms with E-state index in [1.807, 2.05) is 25.1 Å². The zero-order valence-corrected chi connectivity index (χ0v) is 12.2. The molecule has 0 radical (unpaired) electrons. The van der Waals surface area contributed by atoms with E-state index in [0.717, 1.165) is 22.2 Å². The molecular weight excluding hydrogens is 278 g/mol. The minimum Gasteiger partial charge on any atom is -0.465 e. The zero-order chi connectivity index (χ0) is 15.7. The second-order valence-corrected chi connectivity index (χ2v) is 4.95. The Morgan fingerprint density at radius 2 is 2.14 bits per heavy atom. The van der Waals surface area contributed by atoms with Gasteiger partial charge < -0.3 is 9.72 Å². The van der Waals surface area contributed by atoms with Gasteiger partial charge in [0.05, 0.1) is 23.9 Å². The van der Waals surface area contributed by atoms with Gasteiger partial charge in [0.15, 0.2) is 0 Å². The third-order valence-electron chi connectivity index (χ3n) is 3.47. The molecule has 3 aromatic rings. The molecule has 1 N–H and O–H groups in total. The van der Waals surface area contributed by atoms with Crippen molar-refractivity contribution in [3.63, 3.8) is 0 Å². The highest BCUT2D eigenvalue weighted by Crippen LogP contribution is 2.26. The molecule has 22 heavy (non-hydrogen) atoms. The maximum absolute atomic E-state index is 11.7. The van der Waals surface area contributed by atoms with E-state index in [1.54, 1.807) is 18.3 Å². The lowest BCUT2D eigenvalue weighted by Crippen LogP contribution is -2.03. The molecule has 0 spiro atoms. The standard InChI is InChI=1S/C17H13N3O2/c1-10-5-12(17(21)22-2)7-16(20-10)11-3-4-15-14(6-11)13(8-18)9-19-15/h3-7,9,19H,1-2H3. The first-order valence-corrected chi connectivity index (χ1v) is 6.71. The topological polar surface area (TPSA) is 78.8 Å². The molecule has 0 aliphatic carbocycles. The number of esters is 1. The lowest BCUT2D eigenvalue weighted by molar-refractivity contribution is 0.0600. The van der Waals surface area contributed by atoms with Crippen LogP contribution >= 0.6 is 0 Å². The second kappa shape index (κ2) is 5.34. The molecule has 2 aromatic heterocycles. The number of aromatic nitrogens is 2. The molecule has 0 fully saturated rings. The number of hydrogen-bond acceptors (Lipinski definition) is 4. The van der Waals surface area contributed by atoms with Crippen molar-refractivity contribution in [2.45, 2.75) is 6.92 Å². The largest absolute Gasteiger partial charge is 0.465 e. The van der Waals surface area contributed by atoms with Crippen molar-refractivity contribution >= 4 is 16.9 Å². The number of nitriles is 1. The second-order valence-electron chi connectivity index (χ2n) is 4.95. The summed E-state index contributed by atoms with van der Waals surface area (Å²) in [7, 11) is 1.35. The molecule has 0 atom stereocenters. The molecule has 108 valence electrons. The Bertz CT molecular complexity index is 919. The third-order valence-corrected chi connectivity index (χ3v) is 3.47. The first-order chi connectivity index (χ1) is 10.6. The minimum absolute atomic E-state index is 0.396. The summed E-state index contributed by atoms with van der Waals surface area (Å²) in [5.41, 5.74) is 4.18. The van der Waals surface area contributed by atoms with Crippen molar-refractivity contribution in [1.29, 1.82) is 5.26 Å². The molecule has 5 heteroatoms. The number of carbonyl (C=O) groups is 1. The van der Waals surface area contributed by atoms with Gasteiger partial charge in [-0.3, -0.25) is 4.98 Å². The van der Waals surface area contributed by atoms with Gasteiger partial charge >= 0.3 is 5.97 Å². The number of carbonyl (C=O) groups excluding carboxylic acids is 1. The van der Waals surface area contributed by atoms with Gasteiger partial charge in [0.2, 0.25) is 0 Å². The van der Waals surface area contributed by atoms with Gasteiger partial charge in [0, 0.05) is 28.4 Å². The first-order valence-electron chi connectivity index (χ1n) is 6.71. The van der Waals surface area contributed by atoms with Crippen molar-refractivity contribution in [2.75, 3.05) is 7.11 Å². The van der Waals surface area contributed by atoms with Gasteiger partial charge in [-0.25, -0.2) is 4.79 Å². The molecule has 0 unspecified atom stereocenters. The van der Waals surface area contributed by atoms with Crippen LogP contribution in [0.2, 0.25) is 0 Å². The molecule has 3 rings (SSSR count). The molecule has 0 aliphatic rings. The molecular formula is C17H13N3O2. The maximum Gasteiger partial charge on any atom is 0.337 e. The average molecular weight is 291 g/mol. The summed E-state index contributed by atoms with van der Waals surface area (Å²) >= 11 is 0. The number of pyridine rings is 1. The lowest BCUT2D eigenvalue weighted by Gasteiger charge is -2.06. The van der Waals surface area contributed by atoms with Gasteiger partial charge in [-0.2, -0.15) is 5.26 Å². The van der Waals surface area contributed by atoms with E-state index in [-0.39, 0.29) is 0 Å². The number of fused-ring (bicyclic) bond motifs is 1. The average Bonchev–Trinajstić information content (AvgIpc) is 2.95. The molecule has 0 bridgehead atoms. The highest BCUT2D eigenvalue weighted by Gasteiger charge is 2.11. The van der Waals surface area contributed by atoms with E-state index in [9.17, 15) is 4.79 Å². The summed E-state index contributed by atoms with van der Waals surface area (Å²) in [6.45, 7) is 1.82. The molecule has 0 saturated heterocycles. The number of rotatable bonds is 2. The monoisotopic (exact) mass is 291 g/mol. The van der Waals surface area contributed by atoms with E-state index in [1.165, 1.54) is 7.11 Å². The van der Waals surface area contributed by atoms with Gasteiger partial charge in [-0.1, -0.05) is 6.07 Å². The third kappa shape index (κ3) is 2.31. The van der Waals surface area contributed by atoms with Crippen LogP contribution in [0.15, 0.2) is 36.5 Å². The van der Waals surface area contributed by atoms with Crippen molar-refractivity contribution in [2.24, 2.45) is 0 Å². The Morgan fingerprint density at radius 1 is 1.32 bits per heavy atom. The van der Waals surface area contributed by atoms with Crippen LogP contribution in [0.1, 0.15) is 21.6 Å². The van der Waals surface area contributed by atoms with Crippen LogP contribution in [0.5, 0.6) is 0 Å². The van der Waals surface area contributed by atoms with Gasteiger partial charge in [0.25, 0.3) is 0 Å². The van der Waals surface area contributed by atoms with E-state index in [4.69, 9.17) is 10.00 Å². The first kappa shape index (κ1) is 13.8. The number of aromatic amines is 1. The highest BCUT2D eigenvalue weighted by atomic mass is 16.5. The summed E-state index contributed by atoms with van der Waals surface area (Å²) in [4.78, 5) is 19.2. The minimum atomic E-state index is -0.396. The van der Waals surface area contributed by atoms with Crippen molar-refractivity contribution in [3.8, 4) is 17.3 Å². The van der Waals surface area contributed by atoms with E-state index in [0.29, 0.717) is 16.8 Å². The van der Waals surface area contributed by atoms with Crippen LogP contribution in [0.4, 0.5) is 0 Å². The fraction of sp³-hybridized carbons (Fsp3) is 0.118. The summed E-state index contributed by atoms with van der Waals surface area (Å²) in [6.07, 6.45) is 1.68. The molecule has 0 amide bonds. The summed E-state index contributed by atoms with van der Waals surface area (Å²) in [5, 5.41) is 9.97. The summed E-state index contributed by atoms with van der Waals surface area (Å²) in [5.74, 6) is -0.396. The molecule has 2 heterocycles. The number of aryl methyl sites for hydroxylation is 1. The summed E-state index contributed by atoms with van der Waals surface area (Å²) < 4.78 is 4.76.